The number of carbonyl (C=O) groups excluding carboxylic acids is 1. The third-order valence-electron chi connectivity index (χ3n) is 4.55. The standard InChI is InChI=1S/C14H22F3NO3/c1-9(2)13(11(20)21)5-6-18(8-13)10(19)7-12(3,4)14(15,16)17/h9H,5-8H2,1-4H3,(H,20,21)/t13-/m1/s1. The summed E-state index contributed by atoms with van der Waals surface area (Å²) in [4.78, 5) is 24.8. The molecule has 4 nitrogen and oxygen atoms in total. The number of hydrogen-bond donors (Lipinski definition) is 1. The number of halogens is 3. The third-order valence-corrected chi connectivity index (χ3v) is 4.55. The van der Waals surface area contributed by atoms with Crippen LogP contribution in [0.2, 0.25) is 0 Å². The van der Waals surface area contributed by atoms with E-state index < -0.39 is 35.3 Å². The third kappa shape index (κ3) is 3.32. The predicted octanol–water partition coefficient (Wildman–Crippen LogP) is 2.92. The Morgan fingerprint density at radius 3 is 2.14 bits per heavy atom. The lowest BCUT2D eigenvalue weighted by molar-refractivity contribution is -0.215. The van der Waals surface area contributed by atoms with Crippen molar-refractivity contribution < 1.29 is 27.9 Å². The van der Waals surface area contributed by atoms with Crippen molar-refractivity contribution in [2.24, 2.45) is 16.7 Å². The van der Waals surface area contributed by atoms with Crippen molar-refractivity contribution in [1.29, 1.82) is 0 Å². The monoisotopic (exact) mass is 309 g/mol. The average molecular weight is 309 g/mol. The smallest absolute Gasteiger partial charge is 0.394 e. The van der Waals surface area contributed by atoms with Gasteiger partial charge >= 0.3 is 12.1 Å². The van der Waals surface area contributed by atoms with Crippen molar-refractivity contribution in [3.63, 3.8) is 0 Å². The molecule has 1 N–H and O–H groups in total. The molecule has 7 heteroatoms. The van der Waals surface area contributed by atoms with Crippen LogP contribution in [0.5, 0.6) is 0 Å². The summed E-state index contributed by atoms with van der Waals surface area (Å²) in [5, 5.41) is 9.38. The van der Waals surface area contributed by atoms with Crippen molar-refractivity contribution in [3.8, 4) is 0 Å². The molecule has 1 rings (SSSR count). The van der Waals surface area contributed by atoms with Crippen LogP contribution in [0, 0.1) is 16.7 Å². The fourth-order valence-electron chi connectivity index (χ4n) is 2.53. The maximum atomic E-state index is 12.8. The number of hydrogen-bond acceptors (Lipinski definition) is 2. The maximum absolute atomic E-state index is 12.8. The first-order valence-electron chi connectivity index (χ1n) is 6.91. The van der Waals surface area contributed by atoms with Crippen LogP contribution in [-0.2, 0) is 9.59 Å². The van der Waals surface area contributed by atoms with Crippen LogP contribution in [0.4, 0.5) is 13.2 Å². The highest BCUT2D eigenvalue weighted by Crippen LogP contribution is 2.43. The van der Waals surface area contributed by atoms with Gasteiger partial charge in [0.25, 0.3) is 0 Å². The molecule has 0 unspecified atom stereocenters. The number of aliphatic carboxylic acids is 1. The minimum Gasteiger partial charge on any atom is -0.481 e. The van der Waals surface area contributed by atoms with Crippen LogP contribution in [0.3, 0.4) is 0 Å². The Hall–Kier alpha value is -1.27. The molecule has 122 valence electrons. The largest absolute Gasteiger partial charge is 0.481 e. The van der Waals surface area contributed by atoms with E-state index in [1.54, 1.807) is 13.8 Å². The molecule has 0 spiro atoms. The lowest BCUT2D eigenvalue weighted by Gasteiger charge is -2.31. The molecular formula is C14H22F3NO3. The fraction of sp³-hybridized carbons (Fsp3) is 0.857. The summed E-state index contributed by atoms with van der Waals surface area (Å²) in [6, 6.07) is 0. The second kappa shape index (κ2) is 5.50. The number of carbonyl (C=O) groups is 2. The maximum Gasteiger partial charge on any atom is 0.394 e. The molecule has 1 atom stereocenters. The Balaban J connectivity index is 2.82. The van der Waals surface area contributed by atoms with Gasteiger partial charge in [-0.05, 0) is 12.3 Å². The first-order chi connectivity index (χ1) is 9.33. The number of nitrogens with zero attached hydrogens (tertiary/aromatic N) is 1. The van der Waals surface area contributed by atoms with Gasteiger partial charge in [0.2, 0.25) is 5.91 Å². The quantitative estimate of drug-likeness (QED) is 0.868. The zero-order chi connectivity index (χ0) is 16.6. The van der Waals surface area contributed by atoms with Gasteiger partial charge in [-0.15, -0.1) is 0 Å². The topological polar surface area (TPSA) is 57.6 Å². The summed E-state index contributed by atoms with van der Waals surface area (Å²) in [7, 11) is 0. The second-order valence-electron chi connectivity index (χ2n) is 6.74. The Morgan fingerprint density at radius 2 is 1.81 bits per heavy atom. The van der Waals surface area contributed by atoms with Crippen molar-refractivity contribution >= 4 is 11.9 Å². The number of likely N-dealkylation sites (tertiary alicyclic amines) is 1. The van der Waals surface area contributed by atoms with Gasteiger partial charge in [0.1, 0.15) is 0 Å². The zero-order valence-electron chi connectivity index (χ0n) is 12.8. The van der Waals surface area contributed by atoms with E-state index in [1.807, 2.05) is 0 Å². The van der Waals surface area contributed by atoms with E-state index in [0.29, 0.717) is 0 Å². The van der Waals surface area contributed by atoms with E-state index in [2.05, 4.69) is 0 Å². The normalized spacial score (nSPS) is 23.7. The van der Waals surface area contributed by atoms with Crippen LogP contribution in [0.25, 0.3) is 0 Å². The van der Waals surface area contributed by atoms with Crippen molar-refractivity contribution in [3.05, 3.63) is 0 Å². The van der Waals surface area contributed by atoms with E-state index in [0.717, 1.165) is 13.8 Å². The van der Waals surface area contributed by atoms with E-state index >= 15 is 0 Å². The van der Waals surface area contributed by atoms with E-state index in [4.69, 9.17) is 0 Å². The molecule has 1 fully saturated rings. The minimum atomic E-state index is -4.47. The Morgan fingerprint density at radius 1 is 1.29 bits per heavy atom. The zero-order valence-corrected chi connectivity index (χ0v) is 12.8. The van der Waals surface area contributed by atoms with Gasteiger partial charge in [-0.2, -0.15) is 13.2 Å². The van der Waals surface area contributed by atoms with Crippen LogP contribution >= 0.6 is 0 Å². The predicted molar refractivity (Wildman–Crippen MR) is 70.6 cm³/mol. The lowest BCUT2D eigenvalue weighted by Crippen LogP contribution is -2.43. The van der Waals surface area contributed by atoms with Gasteiger partial charge in [-0.3, -0.25) is 9.59 Å². The summed E-state index contributed by atoms with van der Waals surface area (Å²) in [5.74, 6) is -1.83. The highest BCUT2D eigenvalue weighted by atomic mass is 19.4. The average Bonchev–Trinajstić information content (AvgIpc) is 2.72. The van der Waals surface area contributed by atoms with Gasteiger partial charge in [-0.25, -0.2) is 0 Å². The summed E-state index contributed by atoms with van der Waals surface area (Å²) in [5.41, 5.74) is -3.17. The number of rotatable bonds is 4. The fourth-order valence-corrected chi connectivity index (χ4v) is 2.53. The number of amides is 1. The van der Waals surface area contributed by atoms with Gasteiger partial charge in [0, 0.05) is 19.5 Å². The molecule has 0 radical (unpaired) electrons. The van der Waals surface area contributed by atoms with Crippen LogP contribution in [-0.4, -0.2) is 41.1 Å². The molecular weight excluding hydrogens is 287 g/mol. The second-order valence-corrected chi connectivity index (χ2v) is 6.74. The van der Waals surface area contributed by atoms with Crippen LogP contribution < -0.4 is 0 Å². The molecule has 1 aliphatic heterocycles. The van der Waals surface area contributed by atoms with Crippen molar-refractivity contribution in [1.82, 2.24) is 4.90 Å². The highest BCUT2D eigenvalue weighted by molar-refractivity contribution is 5.81. The summed E-state index contributed by atoms with van der Waals surface area (Å²) >= 11 is 0. The molecule has 1 heterocycles. The summed E-state index contributed by atoms with van der Waals surface area (Å²) in [6.07, 6.45) is -4.85. The van der Waals surface area contributed by atoms with Gasteiger partial charge in [0.05, 0.1) is 10.8 Å². The molecule has 0 bridgehead atoms. The Bertz CT molecular complexity index is 432. The number of carboxylic acid groups (broad SMARTS) is 1. The first kappa shape index (κ1) is 17.8. The Kier molecular flexibility index (Phi) is 4.65. The van der Waals surface area contributed by atoms with Crippen LogP contribution in [0.1, 0.15) is 40.5 Å². The van der Waals surface area contributed by atoms with Crippen molar-refractivity contribution in [2.75, 3.05) is 13.1 Å². The van der Waals surface area contributed by atoms with Gasteiger partial charge in [0.15, 0.2) is 0 Å². The van der Waals surface area contributed by atoms with E-state index in [-0.39, 0.29) is 25.4 Å². The number of alkyl halides is 3. The van der Waals surface area contributed by atoms with E-state index in [1.165, 1.54) is 4.90 Å². The molecule has 0 aromatic carbocycles. The van der Waals surface area contributed by atoms with Gasteiger partial charge in [-0.1, -0.05) is 27.7 Å². The van der Waals surface area contributed by atoms with Crippen LogP contribution in [0.15, 0.2) is 0 Å². The molecule has 0 aromatic heterocycles. The van der Waals surface area contributed by atoms with Crippen molar-refractivity contribution in [2.45, 2.75) is 46.7 Å². The Labute approximate surface area is 122 Å². The summed E-state index contributed by atoms with van der Waals surface area (Å²) in [6.45, 7) is 5.63. The molecule has 1 saturated heterocycles. The minimum absolute atomic E-state index is 0.0211. The molecule has 1 amide bonds. The van der Waals surface area contributed by atoms with E-state index in [9.17, 15) is 27.9 Å². The van der Waals surface area contributed by atoms with Gasteiger partial charge < -0.3 is 10.0 Å². The molecule has 0 saturated carbocycles. The molecule has 21 heavy (non-hydrogen) atoms. The lowest BCUT2D eigenvalue weighted by atomic mass is 9.76. The summed E-state index contributed by atoms with van der Waals surface area (Å²) < 4.78 is 38.5. The SMILES string of the molecule is CC(C)[C@@]1(C(=O)O)CCN(C(=O)CC(C)(C)C(F)(F)F)C1. The molecule has 0 aromatic rings. The highest BCUT2D eigenvalue weighted by Gasteiger charge is 2.52. The first-order valence-corrected chi connectivity index (χ1v) is 6.91. The number of carboxylic acids is 1. The molecule has 0 aliphatic carbocycles. The molecule has 1 aliphatic rings.